The normalized spacial score (nSPS) is 20.4. The van der Waals surface area contributed by atoms with E-state index in [-0.39, 0.29) is 23.7 Å². The lowest BCUT2D eigenvalue weighted by atomic mass is 9.70. The van der Waals surface area contributed by atoms with E-state index in [1.54, 1.807) is 0 Å². The predicted octanol–water partition coefficient (Wildman–Crippen LogP) is 5.23. The number of fused-ring (bicyclic) bond motifs is 5. The van der Waals surface area contributed by atoms with Gasteiger partial charge in [-0.3, -0.25) is 0 Å². The molecule has 1 saturated heterocycles. The van der Waals surface area contributed by atoms with Gasteiger partial charge in [0, 0.05) is 35.5 Å². The van der Waals surface area contributed by atoms with Crippen molar-refractivity contribution in [2.45, 2.75) is 58.2 Å². The lowest BCUT2D eigenvalue weighted by molar-refractivity contribution is -0.0705. The Kier molecular flexibility index (Phi) is 3.59. The van der Waals surface area contributed by atoms with Crippen LogP contribution in [0.15, 0.2) is 60.7 Å². The van der Waals surface area contributed by atoms with Gasteiger partial charge >= 0.3 is 7.12 Å². The summed E-state index contributed by atoms with van der Waals surface area (Å²) < 4.78 is 13.9. The molecule has 4 aromatic rings. The first-order valence-corrected chi connectivity index (χ1v) is 11.2. The molecular formula is C27H29BNO2+. The van der Waals surface area contributed by atoms with Crippen molar-refractivity contribution in [2.75, 3.05) is 0 Å². The highest BCUT2D eigenvalue weighted by Crippen LogP contribution is 2.47. The summed E-state index contributed by atoms with van der Waals surface area (Å²) in [5.74, 6) is 0. The standard InChI is InChI=1S/C27H28BNO2/c1-25(2)20-12-9-11-19-18-10-7-8-13-22(18)29(24(19)20)23-15-14-17(16-21(23)25)28-30-26(3,4)27(5,6)31-28/h7-16H,1-6H3/p+1. The van der Waals surface area contributed by atoms with E-state index >= 15 is 0 Å². The number of aliphatic hydroxyl groups is 1. The first-order valence-electron chi connectivity index (χ1n) is 11.2. The molecule has 3 heterocycles. The van der Waals surface area contributed by atoms with Gasteiger partial charge in [-0.2, -0.15) is 0 Å². The third-order valence-electron chi connectivity index (χ3n) is 7.91. The summed E-state index contributed by atoms with van der Waals surface area (Å²) in [7, 11) is -0.232. The molecule has 31 heavy (non-hydrogen) atoms. The molecule has 0 unspecified atom stereocenters. The molecule has 156 valence electrons. The zero-order valence-corrected chi connectivity index (χ0v) is 19.2. The first kappa shape index (κ1) is 19.2. The molecule has 0 spiro atoms. The molecule has 1 fully saturated rings. The van der Waals surface area contributed by atoms with Crippen molar-refractivity contribution in [2.24, 2.45) is 0 Å². The van der Waals surface area contributed by atoms with Gasteiger partial charge in [0.15, 0.2) is 5.60 Å². The molecule has 1 aromatic heterocycles. The van der Waals surface area contributed by atoms with E-state index in [9.17, 15) is 0 Å². The Morgan fingerprint density at radius 2 is 1.55 bits per heavy atom. The molecule has 3 nitrogen and oxygen atoms in total. The molecule has 1 N–H and O–H groups in total. The molecule has 6 rings (SSSR count). The van der Waals surface area contributed by atoms with Crippen LogP contribution in [0.25, 0.3) is 27.5 Å². The van der Waals surface area contributed by atoms with Crippen LogP contribution in [0.2, 0.25) is 0 Å². The van der Waals surface area contributed by atoms with Crippen molar-refractivity contribution in [3.63, 3.8) is 0 Å². The van der Waals surface area contributed by atoms with Gasteiger partial charge in [0.05, 0.1) is 16.7 Å². The van der Waals surface area contributed by atoms with Crippen LogP contribution in [0.1, 0.15) is 52.7 Å². The fourth-order valence-corrected chi connectivity index (χ4v) is 5.36. The predicted molar refractivity (Wildman–Crippen MR) is 130 cm³/mol. The zero-order chi connectivity index (χ0) is 21.8. The highest BCUT2D eigenvalue weighted by atomic mass is 16.7. The van der Waals surface area contributed by atoms with Crippen LogP contribution in [0.4, 0.5) is 0 Å². The van der Waals surface area contributed by atoms with Crippen molar-refractivity contribution in [1.82, 2.24) is 4.57 Å². The van der Waals surface area contributed by atoms with E-state index in [4.69, 9.17) is 9.31 Å². The minimum absolute atomic E-state index is 0.112. The van der Waals surface area contributed by atoms with E-state index in [2.05, 4.69) is 107 Å². The van der Waals surface area contributed by atoms with Crippen LogP contribution in [0, 0.1) is 0 Å². The monoisotopic (exact) mass is 410 g/mol. The van der Waals surface area contributed by atoms with Crippen molar-refractivity contribution in [1.29, 1.82) is 0 Å². The molecule has 0 bridgehead atoms. The van der Waals surface area contributed by atoms with Crippen LogP contribution in [-0.2, 0) is 10.1 Å². The molecule has 0 amide bonds. The fourth-order valence-electron chi connectivity index (χ4n) is 5.36. The second kappa shape index (κ2) is 5.82. The number of hydrogen-bond acceptors (Lipinski definition) is 1. The maximum absolute atomic E-state index is 6.42. The van der Waals surface area contributed by atoms with Crippen LogP contribution < -0.4 is 5.46 Å². The van der Waals surface area contributed by atoms with E-state index in [1.807, 2.05) is 0 Å². The molecule has 2 aliphatic heterocycles. The molecule has 0 aliphatic carbocycles. The SMILES string of the molecule is CC1(C)c2cc(B3OC(C)(C)C(C)(C)[OH+]3)ccc2-n2c3ccccc3c3cccc1c32. The van der Waals surface area contributed by atoms with Gasteiger partial charge in [-0.15, -0.1) is 0 Å². The maximum Gasteiger partial charge on any atom is 0.732 e. The van der Waals surface area contributed by atoms with Gasteiger partial charge in [0.1, 0.15) is 5.60 Å². The highest BCUT2D eigenvalue weighted by Gasteiger charge is 2.59. The molecule has 0 saturated carbocycles. The Balaban J connectivity index is 1.61. The lowest BCUT2D eigenvalue weighted by Crippen LogP contribution is -2.43. The number of benzene rings is 3. The Morgan fingerprint density at radius 3 is 2.29 bits per heavy atom. The summed E-state index contributed by atoms with van der Waals surface area (Å²) in [4.78, 5) is 0. The quantitative estimate of drug-likeness (QED) is 0.312. The lowest BCUT2D eigenvalue weighted by Gasteiger charge is -2.35. The number of nitrogens with zero attached hydrogens (tertiary/aromatic N) is 1. The van der Waals surface area contributed by atoms with Gasteiger partial charge in [0.2, 0.25) is 0 Å². The molecule has 2 aliphatic rings. The van der Waals surface area contributed by atoms with Gasteiger partial charge in [-0.25, -0.2) is 0 Å². The average molecular weight is 410 g/mol. The van der Waals surface area contributed by atoms with E-state index in [1.165, 1.54) is 38.6 Å². The molecule has 0 radical (unpaired) electrons. The number of para-hydroxylation sites is 2. The van der Waals surface area contributed by atoms with Crippen molar-refractivity contribution in [3.05, 3.63) is 71.8 Å². The molecule has 4 heteroatoms. The third-order valence-corrected chi connectivity index (χ3v) is 7.91. The summed E-state index contributed by atoms with van der Waals surface area (Å²) in [5, 5.41) is 2.64. The van der Waals surface area contributed by atoms with Gasteiger partial charge in [0.25, 0.3) is 0 Å². The van der Waals surface area contributed by atoms with Crippen LogP contribution in [0.5, 0.6) is 0 Å². The van der Waals surface area contributed by atoms with E-state index in [0.717, 1.165) is 5.46 Å². The number of aromatic nitrogens is 1. The van der Waals surface area contributed by atoms with Crippen LogP contribution in [0.3, 0.4) is 0 Å². The minimum atomic E-state index is -0.293. The first-order chi connectivity index (χ1) is 14.6. The largest absolute Gasteiger partial charge is 0.732 e. The van der Waals surface area contributed by atoms with Crippen molar-refractivity contribution < 1.29 is 9.31 Å². The van der Waals surface area contributed by atoms with Gasteiger partial charge < -0.3 is 13.9 Å². The highest BCUT2D eigenvalue weighted by molar-refractivity contribution is 6.61. The number of hydrogen-bond donors (Lipinski definition) is 0. The Bertz CT molecular complexity index is 1360. The average Bonchev–Trinajstić information content (AvgIpc) is 3.17. The Morgan fingerprint density at radius 1 is 0.806 bits per heavy atom. The Hall–Kier alpha value is -2.56. The topological polar surface area (TPSA) is 27.0 Å². The second-order valence-electron chi connectivity index (χ2n) is 10.6. The summed E-state index contributed by atoms with van der Waals surface area (Å²) in [6, 6.07) is 22.3. The molecular weight excluding hydrogens is 381 g/mol. The molecule has 3 aromatic carbocycles. The van der Waals surface area contributed by atoms with E-state index in [0.29, 0.717) is 0 Å². The second-order valence-corrected chi connectivity index (χ2v) is 10.6. The van der Waals surface area contributed by atoms with E-state index < -0.39 is 0 Å². The Labute approximate surface area is 184 Å². The summed E-state index contributed by atoms with van der Waals surface area (Å²) in [6.45, 7) is 13.3. The summed E-state index contributed by atoms with van der Waals surface area (Å²) in [5.41, 5.74) is 7.06. The molecule has 0 atom stereocenters. The summed E-state index contributed by atoms with van der Waals surface area (Å²) in [6.07, 6.45) is 0. The fraction of sp³-hybridized carbons (Fsp3) is 0.333. The van der Waals surface area contributed by atoms with Crippen molar-refractivity contribution >= 4 is 34.4 Å². The summed E-state index contributed by atoms with van der Waals surface area (Å²) >= 11 is 0. The van der Waals surface area contributed by atoms with Crippen LogP contribution >= 0.6 is 0 Å². The zero-order valence-electron chi connectivity index (χ0n) is 19.2. The van der Waals surface area contributed by atoms with Crippen LogP contribution in [-0.4, -0.2) is 27.5 Å². The maximum atomic E-state index is 6.42. The van der Waals surface area contributed by atoms with Crippen molar-refractivity contribution in [3.8, 4) is 5.69 Å². The third kappa shape index (κ3) is 2.38. The smallest absolute Gasteiger partial charge is 0.505 e. The number of rotatable bonds is 1. The van der Waals surface area contributed by atoms with Gasteiger partial charge in [-0.05, 0) is 43.2 Å². The van der Waals surface area contributed by atoms with Gasteiger partial charge in [-0.1, -0.05) is 56.3 Å². The minimum Gasteiger partial charge on any atom is -0.505 e.